The molecule has 1 aliphatic rings. The Labute approximate surface area is 151 Å². The lowest BCUT2D eigenvalue weighted by Crippen LogP contribution is -2.19. The van der Waals surface area contributed by atoms with Gasteiger partial charge in [-0.05, 0) is 49.8 Å². The average molecular weight is 368 g/mol. The Bertz CT molecular complexity index is 758. The number of allylic oxidation sites excluding steroid dienone is 1. The summed E-state index contributed by atoms with van der Waals surface area (Å²) < 4.78 is 0. The zero-order valence-electron chi connectivity index (χ0n) is 12.8. The monoisotopic (exact) mass is 366 g/mol. The van der Waals surface area contributed by atoms with Gasteiger partial charge in [-0.2, -0.15) is 0 Å². The number of nitrogens with zero attached hydrogens (tertiary/aromatic N) is 2. The Morgan fingerprint density at radius 2 is 2.00 bits per heavy atom. The molecule has 0 N–H and O–H groups in total. The number of aromatic nitrogens is 2. The minimum Gasteiger partial charge on any atom is -0.237 e. The standard InChI is InChI=1S/C18H17Cl3N2/c1-3-4-11-5-7-14(13-8-6-12(19)9-15(13)20)17-16(11)18(21)23-10(2)22-17/h3,6,8-9,11,14H,1,4-5,7H2,2H3/t11-,14-/m0/s1. The van der Waals surface area contributed by atoms with Crippen LogP contribution >= 0.6 is 34.8 Å². The molecule has 0 spiro atoms. The van der Waals surface area contributed by atoms with Crippen molar-refractivity contribution in [1.29, 1.82) is 0 Å². The summed E-state index contributed by atoms with van der Waals surface area (Å²) >= 11 is 18.9. The molecule has 2 aromatic rings. The lowest BCUT2D eigenvalue weighted by molar-refractivity contribution is 0.505. The maximum Gasteiger partial charge on any atom is 0.136 e. The van der Waals surface area contributed by atoms with Crippen LogP contribution in [0.5, 0.6) is 0 Å². The van der Waals surface area contributed by atoms with Crippen molar-refractivity contribution in [2.45, 2.75) is 38.0 Å². The quantitative estimate of drug-likeness (QED) is 0.468. The van der Waals surface area contributed by atoms with Crippen molar-refractivity contribution in [3.63, 3.8) is 0 Å². The summed E-state index contributed by atoms with van der Waals surface area (Å²) in [5.41, 5.74) is 3.08. The first-order valence-electron chi connectivity index (χ1n) is 7.61. The Balaban J connectivity index is 2.15. The van der Waals surface area contributed by atoms with Gasteiger partial charge in [0.05, 0.1) is 5.69 Å². The SMILES string of the molecule is C=CC[C@H]1CC[C@@H](c2ccc(Cl)cc2Cl)c2nc(C)nc(Cl)c21. The summed E-state index contributed by atoms with van der Waals surface area (Å²) in [6.45, 7) is 5.72. The Morgan fingerprint density at radius 1 is 1.22 bits per heavy atom. The summed E-state index contributed by atoms with van der Waals surface area (Å²) in [4.78, 5) is 9.06. The average Bonchev–Trinajstić information content (AvgIpc) is 2.48. The van der Waals surface area contributed by atoms with Gasteiger partial charge in [-0.25, -0.2) is 9.97 Å². The van der Waals surface area contributed by atoms with E-state index in [1.165, 1.54) is 0 Å². The molecule has 0 aliphatic heterocycles. The van der Waals surface area contributed by atoms with Gasteiger partial charge in [-0.1, -0.05) is 46.9 Å². The van der Waals surface area contributed by atoms with Crippen LogP contribution in [-0.2, 0) is 0 Å². The van der Waals surface area contributed by atoms with Crippen molar-refractivity contribution in [3.8, 4) is 0 Å². The van der Waals surface area contributed by atoms with Crippen molar-refractivity contribution in [3.05, 3.63) is 68.7 Å². The van der Waals surface area contributed by atoms with E-state index in [0.717, 1.165) is 36.1 Å². The molecule has 0 radical (unpaired) electrons. The molecule has 1 heterocycles. The van der Waals surface area contributed by atoms with E-state index in [9.17, 15) is 0 Å². The highest BCUT2D eigenvalue weighted by Gasteiger charge is 2.32. The van der Waals surface area contributed by atoms with Gasteiger partial charge >= 0.3 is 0 Å². The maximum atomic E-state index is 6.46. The number of benzene rings is 1. The molecule has 0 bridgehead atoms. The number of halogens is 3. The predicted octanol–water partition coefficient (Wildman–Crippen LogP) is 6.33. The third-order valence-electron chi connectivity index (χ3n) is 4.37. The van der Waals surface area contributed by atoms with Crippen LogP contribution in [0, 0.1) is 6.92 Å². The molecule has 0 amide bonds. The molecular formula is C18H17Cl3N2. The molecule has 120 valence electrons. The highest BCUT2D eigenvalue weighted by molar-refractivity contribution is 6.35. The van der Waals surface area contributed by atoms with Crippen molar-refractivity contribution in [2.24, 2.45) is 0 Å². The maximum absolute atomic E-state index is 6.46. The lowest BCUT2D eigenvalue weighted by Gasteiger charge is -2.31. The second kappa shape index (κ2) is 6.80. The van der Waals surface area contributed by atoms with E-state index in [2.05, 4.69) is 11.6 Å². The van der Waals surface area contributed by atoms with Crippen LogP contribution in [0.4, 0.5) is 0 Å². The molecule has 1 aliphatic carbocycles. The Hall–Kier alpha value is -1.09. The van der Waals surface area contributed by atoms with Crippen LogP contribution in [0.25, 0.3) is 0 Å². The molecule has 5 heteroatoms. The van der Waals surface area contributed by atoms with Crippen LogP contribution in [0.2, 0.25) is 15.2 Å². The molecule has 2 atom stereocenters. The van der Waals surface area contributed by atoms with Gasteiger partial charge in [0.15, 0.2) is 0 Å². The number of rotatable bonds is 3. The first kappa shape index (κ1) is 16.8. The van der Waals surface area contributed by atoms with Gasteiger partial charge in [0.2, 0.25) is 0 Å². The van der Waals surface area contributed by atoms with Crippen molar-refractivity contribution >= 4 is 34.8 Å². The molecule has 1 aromatic carbocycles. The second-order valence-electron chi connectivity index (χ2n) is 5.88. The summed E-state index contributed by atoms with van der Waals surface area (Å²) in [7, 11) is 0. The van der Waals surface area contributed by atoms with Gasteiger partial charge in [-0.15, -0.1) is 6.58 Å². The fourth-order valence-electron chi connectivity index (χ4n) is 3.38. The first-order valence-corrected chi connectivity index (χ1v) is 8.74. The summed E-state index contributed by atoms with van der Waals surface area (Å²) in [5.74, 6) is 1.12. The molecule has 23 heavy (non-hydrogen) atoms. The highest BCUT2D eigenvalue weighted by atomic mass is 35.5. The first-order chi connectivity index (χ1) is 11.0. The zero-order valence-corrected chi connectivity index (χ0v) is 15.1. The molecule has 0 fully saturated rings. The summed E-state index contributed by atoms with van der Waals surface area (Å²) in [6.07, 6.45) is 4.79. The van der Waals surface area contributed by atoms with Gasteiger partial charge in [0.25, 0.3) is 0 Å². The minimum atomic E-state index is 0.120. The van der Waals surface area contributed by atoms with Gasteiger partial charge in [0.1, 0.15) is 11.0 Å². The number of hydrogen-bond donors (Lipinski definition) is 0. The fraction of sp³-hybridized carbons (Fsp3) is 0.333. The predicted molar refractivity (Wildman–Crippen MR) is 96.9 cm³/mol. The zero-order chi connectivity index (χ0) is 16.6. The molecule has 0 unspecified atom stereocenters. The highest BCUT2D eigenvalue weighted by Crippen LogP contribution is 2.46. The van der Waals surface area contributed by atoms with Crippen LogP contribution in [0.1, 0.15) is 53.7 Å². The minimum absolute atomic E-state index is 0.120. The second-order valence-corrected chi connectivity index (χ2v) is 7.08. The molecule has 0 saturated carbocycles. The van der Waals surface area contributed by atoms with Gasteiger partial charge in [0, 0.05) is 21.5 Å². The van der Waals surface area contributed by atoms with Crippen molar-refractivity contribution < 1.29 is 0 Å². The molecule has 1 aromatic heterocycles. The summed E-state index contributed by atoms with van der Waals surface area (Å²) in [6, 6.07) is 5.63. The Morgan fingerprint density at radius 3 is 2.70 bits per heavy atom. The van der Waals surface area contributed by atoms with Crippen molar-refractivity contribution in [2.75, 3.05) is 0 Å². The largest absolute Gasteiger partial charge is 0.237 e. The number of hydrogen-bond acceptors (Lipinski definition) is 2. The third-order valence-corrected chi connectivity index (χ3v) is 5.22. The summed E-state index contributed by atoms with van der Waals surface area (Å²) in [5, 5.41) is 1.85. The normalized spacial score (nSPS) is 20.2. The van der Waals surface area contributed by atoms with Crippen LogP contribution in [-0.4, -0.2) is 9.97 Å². The number of fused-ring (bicyclic) bond motifs is 1. The van der Waals surface area contributed by atoms with E-state index in [-0.39, 0.29) is 5.92 Å². The van der Waals surface area contributed by atoms with E-state index in [1.807, 2.05) is 25.1 Å². The smallest absolute Gasteiger partial charge is 0.136 e. The van der Waals surface area contributed by atoms with Gasteiger partial charge < -0.3 is 0 Å². The van der Waals surface area contributed by atoms with E-state index in [0.29, 0.717) is 26.9 Å². The molecule has 3 rings (SSSR count). The van der Waals surface area contributed by atoms with E-state index in [1.54, 1.807) is 6.07 Å². The van der Waals surface area contributed by atoms with E-state index >= 15 is 0 Å². The van der Waals surface area contributed by atoms with Gasteiger partial charge in [-0.3, -0.25) is 0 Å². The van der Waals surface area contributed by atoms with Crippen LogP contribution in [0.3, 0.4) is 0 Å². The van der Waals surface area contributed by atoms with Crippen LogP contribution < -0.4 is 0 Å². The Kier molecular flexibility index (Phi) is 4.96. The molecule has 0 saturated heterocycles. The fourth-order valence-corrected chi connectivity index (χ4v) is 4.30. The number of aryl methyl sites for hydroxylation is 1. The lowest BCUT2D eigenvalue weighted by atomic mass is 9.76. The van der Waals surface area contributed by atoms with Crippen LogP contribution in [0.15, 0.2) is 30.9 Å². The van der Waals surface area contributed by atoms with E-state index < -0.39 is 0 Å². The van der Waals surface area contributed by atoms with Crippen molar-refractivity contribution in [1.82, 2.24) is 9.97 Å². The third kappa shape index (κ3) is 3.26. The molecule has 2 nitrogen and oxygen atoms in total. The topological polar surface area (TPSA) is 25.8 Å². The molecular weight excluding hydrogens is 351 g/mol. The van der Waals surface area contributed by atoms with E-state index in [4.69, 9.17) is 39.8 Å².